The molecule has 0 radical (unpaired) electrons. The Kier molecular flexibility index (Phi) is 3.67. The Hall–Kier alpha value is -2.47. The fourth-order valence-electron chi connectivity index (χ4n) is 3.25. The molecule has 0 amide bonds. The van der Waals surface area contributed by atoms with Gasteiger partial charge >= 0.3 is 0 Å². The van der Waals surface area contributed by atoms with Crippen LogP contribution in [-0.4, -0.2) is 20.2 Å². The van der Waals surface area contributed by atoms with Gasteiger partial charge in [-0.3, -0.25) is 0 Å². The van der Waals surface area contributed by atoms with Gasteiger partial charge in [-0.1, -0.05) is 12.1 Å². The summed E-state index contributed by atoms with van der Waals surface area (Å²) >= 11 is 0. The van der Waals surface area contributed by atoms with E-state index in [1.807, 2.05) is 12.1 Å². The van der Waals surface area contributed by atoms with Crippen molar-refractivity contribution >= 4 is 0 Å². The van der Waals surface area contributed by atoms with Gasteiger partial charge in [-0.2, -0.15) is 0 Å². The SMILES string of the molecule is C[C@@H](N[C@H]1CCCc2occc21)c1ccc(-n2cnnn2)cc1. The first kappa shape index (κ1) is 14.1. The number of nitrogens with one attached hydrogen (secondary N) is 1. The lowest BCUT2D eigenvalue weighted by molar-refractivity contribution is 0.385. The number of hydrogen-bond acceptors (Lipinski definition) is 5. The molecule has 0 spiro atoms. The van der Waals surface area contributed by atoms with Crippen molar-refractivity contribution in [3.63, 3.8) is 0 Å². The number of rotatable bonds is 4. The molecule has 6 heteroatoms. The van der Waals surface area contributed by atoms with Gasteiger partial charge in [0, 0.05) is 24.1 Å². The van der Waals surface area contributed by atoms with Crippen LogP contribution in [0.1, 0.15) is 48.7 Å². The molecular formula is C17H19N5O. The van der Waals surface area contributed by atoms with Crippen molar-refractivity contribution in [1.29, 1.82) is 0 Å². The van der Waals surface area contributed by atoms with Crippen LogP contribution in [0.3, 0.4) is 0 Å². The summed E-state index contributed by atoms with van der Waals surface area (Å²) in [6, 6.07) is 11.0. The normalized spacial score (nSPS) is 18.6. The topological polar surface area (TPSA) is 68.8 Å². The van der Waals surface area contributed by atoms with Crippen molar-refractivity contribution < 1.29 is 4.42 Å². The van der Waals surface area contributed by atoms with Gasteiger partial charge < -0.3 is 9.73 Å². The first-order valence-corrected chi connectivity index (χ1v) is 7.97. The highest BCUT2D eigenvalue weighted by Gasteiger charge is 2.23. The molecule has 0 unspecified atom stereocenters. The Labute approximate surface area is 134 Å². The van der Waals surface area contributed by atoms with Crippen LogP contribution in [0.5, 0.6) is 0 Å². The highest BCUT2D eigenvalue weighted by Crippen LogP contribution is 2.32. The zero-order valence-corrected chi connectivity index (χ0v) is 13.0. The van der Waals surface area contributed by atoms with Crippen molar-refractivity contribution in [2.75, 3.05) is 0 Å². The third kappa shape index (κ3) is 2.77. The predicted molar refractivity (Wildman–Crippen MR) is 85.1 cm³/mol. The van der Waals surface area contributed by atoms with Gasteiger partial charge in [0.1, 0.15) is 12.1 Å². The lowest BCUT2D eigenvalue weighted by Crippen LogP contribution is -2.27. The number of tetrazole rings is 1. The highest BCUT2D eigenvalue weighted by molar-refractivity contribution is 5.34. The molecule has 0 aliphatic heterocycles. The molecule has 1 aliphatic rings. The number of hydrogen-bond donors (Lipinski definition) is 1. The summed E-state index contributed by atoms with van der Waals surface area (Å²) in [7, 11) is 0. The van der Waals surface area contributed by atoms with E-state index in [1.54, 1.807) is 17.3 Å². The van der Waals surface area contributed by atoms with Crippen LogP contribution in [0.4, 0.5) is 0 Å². The van der Waals surface area contributed by atoms with Crippen molar-refractivity contribution in [3.8, 4) is 5.69 Å². The van der Waals surface area contributed by atoms with Crippen LogP contribution in [0.2, 0.25) is 0 Å². The van der Waals surface area contributed by atoms with Crippen LogP contribution < -0.4 is 5.32 Å². The lowest BCUT2D eigenvalue weighted by Gasteiger charge is -2.26. The van der Waals surface area contributed by atoms with Gasteiger partial charge in [-0.05, 0) is 54.0 Å². The molecule has 4 rings (SSSR count). The maximum atomic E-state index is 5.57. The third-order valence-electron chi connectivity index (χ3n) is 4.51. The first-order valence-electron chi connectivity index (χ1n) is 7.97. The minimum atomic E-state index is 0.267. The lowest BCUT2D eigenvalue weighted by atomic mass is 9.92. The fraction of sp³-hybridized carbons (Fsp3) is 0.353. The van der Waals surface area contributed by atoms with E-state index in [-0.39, 0.29) is 6.04 Å². The number of aryl methyl sites for hydroxylation is 1. The molecule has 2 aromatic heterocycles. The van der Waals surface area contributed by atoms with E-state index < -0.39 is 0 Å². The summed E-state index contributed by atoms with van der Waals surface area (Å²) in [4.78, 5) is 0. The molecular weight excluding hydrogens is 290 g/mol. The molecule has 2 heterocycles. The fourth-order valence-corrected chi connectivity index (χ4v) is 3.25. The number of nitrogens with zero attached hydrogens (tertiary/aromatic N) is 4. The molecule has 1 N–H and O–H groups in total. The predicted octanol–water partition coefficient (Wildman–Crippen LogP) is 2.98. The smallest absolute Gasteiger partial charge is 0.143 e. The van der Waals surface area contributed by atoms with Crippen molar-refractivity contribution in [1.82, 2.24) is 25.5 Å². The molecule has 1 aromatic carbocycles. The molecule has 6 nitrogen and oxygen atoms in total. The van der Waals surface area contributed by atoms with Crippen LogP contribution in [0.25, 0.3) is 5.69 Å². The molecule has 118 valence electrons. The van der Waals surface area contributed by atoms with Gasteiger partial charge in [0.2, 0.25) is 0 Å². The van der Waals surface area contributed by atoms with E-state index in [0.29, 0.717) is 6.04 Å². The molecule has 0 bridgehead atoms. The van der Waals surface area contributed by atoms with Gasteiger partial charge in [0.25, 0.3) is 0 Å². The Morgan fingerprint density at radius 3 is 2.91 bits per heavy atom. The average Bonchev–Trinajstić information content (AvgIpc) is 3.27. The summed E-state index contributed by atoms with van der Waals surface area (Å²) in [5.41, 5.74) is 3.52. The van der Waals surface area contributed by atoms with Crippen molar-refractivity contribution in [2.24, 2.45) is 0 Å². The first-order chi connectivity index (χ1) is 11.3. The summed E-state index contributed by atoms with van der Waals surface area (Å²) in [5.74, 6) is 1.13. The largest absolute Gasteiger partial charge is 0.469 e. The molecule has 0 saturated heterocycles. The van der Waals surface area contributed by atoms with Crippen LogP contribution in [-0.2, 0) is 6.42 Å². The minimum Gasteiger partial charge on any atom is -0.469 e. The van der Waals surface area contributed by atoms with E-state index in [2.05, 4.69) is 46.0 Å². The minimum absolute atomic E-state index is 0.267. The summed E-state index contributed by atoms with van der Waals surface area (Å²) in [6.45, 7) is 2.19. The number of aromatic nitrogens is 4. The van der Waals surface area contributed by atoms with Crippen LogP contribution in [0, 0.1) is 0 Å². The second-order valence-electron chi connectivity index (χ2n) is 5.98. The summed E-state index contributed by atoms with van der Waals surface area (Å²) in [6.07, 6.45) is 6.77. The molecule has 1 aliphatic carbocycles. The summed E-state index contributed by atoms with van der Waals surface area (Å²) < 4.78 is 7.22. The Morgan fingerprint density at radius 2 is 2.13 bits per heavy atom. The molecule has 3 aromatic rings. The monoisotopic (exact) mass is 309 g/mol. The Bertz CT molecular complexity index is 763. The van der Waals surface area contributed by atoms with E-state index in [0.717, 1.165) is 24.3 Å². The Balaban J connectivity index is 1.49. The summed E-state index contributed by atoms with van der Waals surface area (Å²) in [5, 5.41) is 14.9. The number of fused-ring (bicyclic) bond motifs is 1. The van der Waals surface area contributed by atoms with E-state index in [4.69, 9.17) is 4.42 Å². The molecule has 0 saturated carbocycles. The van der Waals surface area contributed by atoms with Gasteiger partial charge in [0.15, 0.2) is 0 Å². The maximum Gasteiger partial charge on any atom is 0.143 e. The van der Waals surface area contributed by atoms with Crippen LogP contribution in [0.15, 0.2) is 47.3 Å². The quantitative estimate of drug-likeness (QED) is 0.802. The van der Waals surface area contributed by atoms with E-state index in [9.17, 15) is 0 Å². The van der Waals surface area contributed by atoms with Gasteiger partial charge in [-0.25, -0.2) is 4.68 Å². The van der Waals surface area contributed by atoms with Crippen LogP contribution >= 0.6 is 0 Å². The van der Waals surface area contributed by atoms with Gasteiger partial charge in [-0.15, -0.1) is 5.10 Å². The average molecular weight is 309 g/mol. The standard InChI is InChI=1S/C17H19N5O/c1-12(19-16-3-2-4-17-15(16)9-10-23-17)13-5-7-14(8-6-13)22-11-18-20-21-22/h5-12,16,19H,2-4H2,1H3/t12-,16+/m1/s1. The second kappa shape index (κ2) is 5.96. The van der Waals surface area contributed by atoms with Gasteiger partial charge in [0.05, 0.1) is 12.0 Å². The molecule has 23 heavy (non-hydrogen) atoms. The molecule has 2 atom stereocenters. The molecule has 0 fully saturated rings. The maximum absolute atomic E-state index is 5.57. The number of benzene rings is 1. The zero-order valence-electron chi connectivity index (χ0n) is 13.0. The Morgan fingerprint density at radius 1 is 1.26 bits per heavy atom. The van der Waals surface area contributed by atoms with E-state index in [1.165, 1.54) is 17.5 Å². The van der Waals surface area contributed by atoms with Crippen molar-refractivity contribution in [3.05, 3.63) is 59.8 Å². The third-order valence-corrected chi connectivity index (χ3v) is 4.51. The van der Waals surface area contributed by atoms with E-state index >= 15 is 0 Å². The second-order valence-corrected chi connectivity index (χ2v) is 5.98. The zero-order chi connectivity index (χ0) is 15.6. The highest BCUT2D eigenvalue weighted by atomic mass is 16.3. The van der Waals surface area contributed by atoms with Crippen molar-refractivity contribution in [2.45, 2.75) is 38.3 Å². The number of furan rings is 1.